The molecule has 10 heteroatoms. The first-order valence-corrected chi connectivity index (χ1v) is 33.5. The molecule has 35 rings (SSSR count). The fourth-order valence-electron chi connectivity index (χ4n) is 28.5. The molecule has 4 atom stereocenters. The van der Waals surface area contributed by atoms with Crippen molar-refractivity contribution in [1.29, 1.82) is 0 Å². The predicted molar refractivity (Wildman–Crippen MR) is 367 cm³/mol. The van der Waals surface area contributed by atoms with Gasteiger partial charge in [-0.25, -0.2) is 19.2 Å². The summed E-state index contributed by atoms with van der Waals surface area (Å²) in [6, 6.07) is 4.06. The Labute approximate surface area is 506 Å². The third-order valence-electron chi connectivity index (χ3n) is 29.2. The van der Waals surface area contributed by atoms with Gasteiger partial charge in [0.1, 0.15) is 12.1 Å². The van der Waals surface area contributed by atoms with Gasteiger partial charge >= 0.3 is 23.9 Å². The van der Waals surface area contributed by atoms with Gasteiger partial charge in [0.05, 0.1) is 37.3 Å². The maximum absolute atomic E-state index is 17.3. The number of benzene rings is 19. The van der Waals surface area contributed by atoms with Crippen molar-refractivity contribution >= 4 is 326 Å². The van der Waals surface area contributed by atoms with Crippen LogP contribution in [0.3, 0.4) is 0 Å². The van der Waals surface area contributed by atoms with E-state index in [1.54, 1.807) is 18.7 Å². The largest absolute Gasteiger partial charge is 0.464 e. The van der Waals surface area contributed by atoms with Crippen molar-refractivity contribution in [3.63, 3.8) is 0 Å². The van der Waals surface area contributed by atoms with Crippen molar-refractivity contribution in [2.24, 2.45) is 0 Å². The van der Waals surface area contributed by atoms with E-state index in [9.17, 15) is 9.59 Å². The minimum absolute atomic E-state index is 0.144. The molecule has 29 aromatic carbocycles. The molecule has 2 saturated heterocycles. The van der Waals surface area contributed by atoms with Gasteiger partial charge in [0.2, 0.25) is 0 Å². The van der Waals surface area contributed by atoms with E-state index in [1.807, 2.05) is 38.1 Å². The maximum atomic E-state index is 17.3. The number of hydrogen-bond acceptors (Lipinski definition) is 10. The first-order chi connectivity index (χ1) is 45.4. The summed E-state index contributed by atoms with van der Waals surface area (Å²) in [5.74, 6) is -1.68. The minimum Gasteiger partial charge on any atom is -0.464 e. The number of anilines is 2. The molecule has 0 aromatic heterocycles. The third kappa shape index (κ3) is 2.52. The first-order valence-electron chi connectivity index (χ1n) is 33.5. The summed E-state index contributed by atoms with van der Waals surface area (Å²) < 4.78 is 24.9. The van der Waals surface area contributed by atoms with Crippen LogP contribution in [0.1, 0.15) is 49.9 Å². The predicted octanol–water partition coefficient (Wildman–Crippen LogP) is 17.4. The Kier molecular flexibility index (Phi) is 4.39. The van der Waals surface area contributed by atoms with Gasteiger partial charge in [0, 0.05) is 11.4 Å². The van der Waals surface area contributed by atoms with Crippen molar-refractivity contribution in [1.82, 2.24) is 0 Å². The van der Waals surface area contributed by atoms with Crippen LogP contribution in [0.2, 0.25) is 0 Å². The summed E-state index contributed by atoms with van der Waals surface area (Å²) in [5, 5.41) is 77.3. The van der Waals surface area contributed by atoms with E-state index in [-0.39, 0.29) is 38.4 Å². The van der Waals surface area contributed by atoms with E-state index in [0.29, 0.717) is 11.4 Å². The van der Waals surface area contributed by atoms with Crippen LogP contribution in [0.25, 0.3) is 291 Å². The summed E-state index contributed by atoms with van der Waals surface area (Å²) in [4.78, 5) is 66.1. The molecule has 0 amide bonds. The van der Waals surface area contributed by atoms with Gasteiger partial charge in [-0.3, -0.25) is 0 Å². The Morgan fingerprint density at radius 2 is 0.402 bits per heavy atom. The third-order valence-corrected chi connectivity index (χ3v) is 29.2. The van der Waals surface area contributed by atoms with Gasteiger partial charge in [-0.1, -0.05) is 0 Å². The molecule has 2 spiro atoms. The zero-order chi connectivity index (χ0) is 57.9. The molecule has 29 aromatic rings. The summed E-state index contributed by atoms with van der Waals surface area (Å²) >= 11 is 0. The van der Waals surface area contributed by atoms with Crippen LogP contribution < -0.4 is 9.80 Å². The molecule has 0 radical (unpaired) electrons. The lowest BCUT2D eigenvalue weighted by atomic mass is 9.46. The van der Waals surface area contributed by atoms with Crippen LogP contribution >= 0.6 is 0 Å². The molecule has 92 heavy (non-hydrogen) atoms. The quantitative estimate of drug-likeness (QED) is 0.0568. The normalized spacial score (nSPS) is 23.6. The van der Waals surface area contributed by atoms with Crippen LogP contribution in [0.5, 0.6) is 0 Å². The molecule has 414 valence electrons. The van der Waals surface area contributed by atoms with Gasteiger partial charge in [0.25, 0.3) is 0 Å². The number of ether oxygens (including phenoxy) is 4. The summed E-state index contributed by atoms with van der Waals surface area (Å²) in [6.45, 7) is 8.04. The van der Waals surface area contributed by atoms with Crippen LogP contribution in [0.15, 0.2) is 24.3 Å². The number of nitrogens with zero attached hydrogens (tertiary/aromatic N) is 2. The minimum atomic E-state index is -1.25. The Morgan fingerprint density at radius 3 is 0.576 bits per heavy atom. The van der Waals surface area contributed by atoms with E-state index in [4.69, 9.17) is 18.9 Å². The average molecular weight is 1170 g/mol. The highest BCUT2D eigenvalue weighted by Gasteiger charge is 2.83. The van der Waals surface area contributed by atoms with Gasteiger partial charge in [-0.05, 0) is 365 Å². The van der Waals surface area contributed by atoms with Crippen molar-refractivity contribution in [2.75, 3.05) is 36.2 Å². The van der Waals surface area contributed by atoms with Gasteiger partial charge in [-0.2, -0.15) is 0 Å². The van der Waals surface area contributed by atoms with E-state index >= 15 is 9.59 Å². The lowest BCUT2D eigenvalue weighted by Crippen LogP contribution is -2.59. The van der Waals surface area contributed by atoms with Gasteiger partial charge in [0.15, 0.2) is 12.1 Å². The zero-order valence-corrected chi connectivity index (χ0v) is 48.6. The molecule has 2 heterocycles. The summed E-state index contributed by atoms with van der Waals surface area (Å²) in [6.07, 6.45) is 0. The van der Waals surface area contributed by atoms with Crippen LogP contribution in [-0.4, -0.2) is 74.5 Å². The number of carbonyl (C=O) groups excluding carboxylic acids is 4. The van der Waals surface area contributed by atoms with E-state index in [0.717, 1.165) is 0 Å². The number of carbonyl (C=O) groups is 4. The summed E-state index contributed by atoms with van der Waals surface area (Å²) in [7, 11) is 0. The second-order valence-electron chi connectivity index (χ2n) is 30.4. The molecule has 10 nitrogen and oxygen atoms in total. The van der Waals surface area contributed by atoms with E-state index < -0.39 is 46.9 Å². The Morgan fingerprint density at radius 1 is 0.250 bits per heavy atom. The molecular formula is C82H28N2O8. The number of rotatable bonds is 10. The van der Waals surface area contributed by atoms with Crippen molar-refractivity contribution < 1.29 is 38.1 Å². The second-order valence-corrected chi connectivity index (χ2v) is 30.4. The monoisotopic (exact) mass is 1170 g/mol. The van der Waals surface area contributed by atoms with Crippen LogP contribution in [0.4, 0.5) is 11.4 Å². The second kappa shape index (κ2) is 10.1. The average Bonchev–Trinajstić information content (AvgIpc) is 1.38. The molecule has 4 aliphatic carbocycles. The smallest absolute Gasteiger partial charge is 0.331 e. The molecule has 6 aliphatic rings. The standard InChI is InChI=1S/C82H28N2O8/c1-5-89-77(85)73-74(78(86)90-6-2)83(73)13-9-11-14(12-10-13)84-75(79(87)91-7-3)81-69-61-53-43-33-25-17-15-16-19-23-21(17)29-37-31(23)41-35-27(19)28-20(16)24-22-18(15)26(25)34-40-30(22)38-32(24)42-36(28)46-45(35)55-49(41)59-51(37)57(47(53)39(29)33)65(69)67(59)71-63(55)64-56(46)50(42)60-52(38)58-48(40)54(44(34)43)62(61)70(81)66(58)68(60)72(64)82(71,81)76(84)80(88)92-8-4/h9-12,73-76H,5-8H2,1-4H3/t73-,74+,75-,76-,81?,82?,83?/m0/s1. The topological polar surface area (TPSA) is 111 Å². The highest BCUT2D eigenvalue weighted by Crippen LogP contribution is 2.87. The molecule has 2 aliphatic heterocycles. The lowest BCUT2D eigenvalue weighted by Gasteiger charge is -2.51. The maximum Gasteiger partial charge on any atom is 0.331 e. The Balaban J connectivity index is 0.895. The molecular weight excluding hydrogens is 1140 g/mol. The highest BCUT2D eigenvalue weighted by atomic mass is 16.6. The van der Waals surface area contributed by atoms with Crippen molar-refractivity contribution in [2.45, 2.75) is 62.7 Å². The molecule has 0 saturated carbocycles. The number of hydrogen-bond donors (Lipinski definition) is 0. The Bertz CT molecular complexity index is 7710. The lowest BCUT2D eigenvalue weighted by molar-refractivity contribution is -0.147. The molecule has 0 unspecified atom stereocenters. The molecule has 2 fully saturated rings. The zero-order valence-electron chi connectivity index (χ0n) is 48.6. The highest BCUT2D eigenvalue weighted by molar-refractivity contribution is 6.82. The van der Waals surface area contributed by atoms with E-state index in [2.05, 4.69) is 4.90 Å². The van der Waals surface area contributed by atoms with Crippen molar-refractivity contribution in [3.8, 4) is 0 Å². The SMILES string of the molecule is CCOC(=O)[C@@H]1[C@H](C(=O)OCC)N1c1ccc(N2[C@@H](C(=O)OCC)C34c5c6c7c8c9c%10c(c%11c%12c3c3c5c5c%13c6c6c7c7c9c9c%14c%10c%10c%11c%11c%12c%12c3c3c5c5c%13c%13c6c6c7c9c7c9c%14c%10c%10c%11c%11c%12c3c3c5c5c%13c6c7c6c9c%10c%11c3c56)C84[C@@H]2C(=O)OCC)cc1. The molecule has 0 N–H and O–H groups in total. The van der Waals surface area contributed by atoms with Gasteiger partial charge < -0.3 is 28.7 Å². The van der Waals surface area contributed by atoms with E-state index in [1.165, 1.54) is 313 Å². The number of esters is 4. The fourth-order valence-corrected chi connectivity index (χ4v) is 28.5. The molecule has 0 bridgehead atoms. The van der Waals surface area contributed by atoms with Gasteiger partial charge in [-0.15, -0.1) is 0 Å². The summed E-state index contributed by atoms with van der Waals surface area (Å²) in [5.41, 5.74) is 3.75. The fraction of sp³-hybridized carbons (Fsp3) is 0.171. The van der Waals surface area contributed by atoms with Crippen molar-refractivity contribution in [3.05, 3.63) is 46.5 Å². The van der Waals surface area contributed by atoms with Crippen LogP contribution in [0, 0.1) is 0 Å². The first kappa shape index (κ1) is 40.0. The van der Waals surface area contributed by atoms with Crippen LogP contribution in [-0.2, 0) is 49.0 Å². The Hall–Kier alpha value is -10.8.